The predicted octanol–water partition coefficient (Wildman–Crippen LogP) is 2.75. The van der Waals surface area contributed by atoms with Gasteiger partial charge in [0.1, 0.15) is 0 Å². The summed E-state index contributed by atoms with van der Waals surface area (Å²) in [5.74, 6) is -0.0323. The Morgan fingerprint density at radius 3 is 2.45 bits per heavy atom. The Morgan fingerprint density at radius 1 is 1.05 bits per heavy atom. The van der Waals surface area contributed by atoms with Crippen molar-refractivity contribution in [3.63, 3.8) is 0 Å². The molecule has 1 aromatic heterocycles. The number of carbonyl (C=O) groups excluding carboxylic acids is 1. The van der Waals surface area contributed by atoms with Gasteiger partial charge in [-0.1, -0.05) is 24.3 Å². The fourth-order valence-corrected chi connectivity index (χ4v) is 2.14. The number of hydrogen-bond donors (Lipinski definition) is 0. The van der Waals surface area contributed by atoms with Gasteiger partial charge in [-0.2, -0.15) is 0 Å². The Kier molecular flexibility index (Phi) is 3.85. The molecule has 1 saturated heterocycles. The molecule has 2 heterocycles. The Labute approximate surface area is 117 Å². The number of pyridine rings is 1. The van der Waals surface area contributed by atoms with E-state index in [0.29, 0.717) is 24.3 Å². The molecule has 0 unspecified atom stereocenters. The van der Waals surface area contributed by atoms with Crippen molar-refractivity contribution in [1.82, 2.24) is 4.98 Å². The number of nitrogens with zero attached hydrogens (tertiary/aromatic N) is 1. The highest BCUT2D eigenvalue weighted by Crippen LogP contribution is 2.23. The van der Waals surface area contributed by atoms with Crippen LogP contribution < -0.4 is 0 Å². The lowest BCUT2D eigenvalue weighted by atomic mass is 10.0. The second-order valence-corrected chi connectivity index (χ2v) is 4.62. The van der Waals surface area contributed by atoms with Gasteiger partial charge in [0.05, 0.1) is 13.2 Å². The van der Waals surface area contributed by atoms with Gasteiger partial charge in [-0.05, 0) is 18.6 Å². The number of hydrogen-bond acceptors (Lipinski definition) is 4. The minimum absolute atomic E-state index is 0.0323. The monoisotopic (exact) mass is 269 g/mol. The second-order valence-electron chi connectivity index (χ2n) is 4.62. The summed E-state index contributed by atoms with van der Waals surface area (Å²) in [6, 6.07) is 10.9. The van der Waals surface area contributed by atoms with Crippen molar-refractivity contribution in [2.45, 2.75) is 12.7 Å². The zero-order valence-electron chi connectivity index (χ0n) is 11.0. The lowest BCUT2D eigenvalue weighted by molar-refractivity contribution is -0.183. The van der Waals surface area contributed by atoms with Crippen LogP contribution in [0.4, 0.5) is 0 Å². The fraction of sp³-hybridized carbons (Fsp3) is 0.250. The molecule has 4 heteroatoms. The molecule has 2 aromatic rings. The number of rotatable bonds is 3. The summed E-state index contributed by atoms with van der Waals surface area (Å²) in [4.78, 5) is 16.2. The molecule has 3 rings (SSSR count). The molecule has 0 atom stereocenters. The van der Waals surface area contributed by atoms with Crippen LogP contribution in [0.25, 0.3) is 0 Å². The number of benzene rings is 1. The largest absolute Gasteiger partial charge is 0.348 e. The SMILES string of the molecule is O=C(c1ccc(C2OCCCO2)cc1)c1cccnc1. The molecule has 0 spiro atoms. The molecule has 0 bridgehead atoms. The van der Waals surface area contributed by atoms with Crippen LogP contribution in [0.15, 0.2) is 48.8 Å². The molecule has 4 nitrogen and oxygen atoms in total. The van der Waals surface area contributed by atoms with Gasteiger partial charge in [0.25, 0.3) is 0 Å². The highest BCUT2D eigenvalue weighted by atomic mass is 16.7. The third-order valence-corrected chi connectivity index (χ3v) is 3.20. The fourth-order valence-electron chi connectivity index (χ4n) is 2.14. The highest BCUT2D eigenvalue weighted by Gasteiger charge is 2.17. The summed E-state index contributed by atoms with van der Waals surface area (Å²) in [5.41, 5.74) is 2.16. The van der Waals surface area contributed by atoms with Gasteiger partial charge in [0.2, 0.25) is 0 Å². The Balaban J connectivity index is 1.77. The Bertz CT molecular complexity index is 574. The third kappa shape index (κ3) is 2.76. The number of ether oxygens (including phenoxy) is 2. The highest BCUT2D eigenvalue weighted by molar-refractivity contribution is 6.08. The van der Waals surface area contributed by atoms with Crippen LogP contribution in [0.2, 0.25) is 0 Å². The van der Waals surface area contributed by atoms with Gasteiger partial charge >= 0.3 is 0 Å². The Morgan fingerprint density at radius 2 is 1.80 bits per heavy atom. The minimum atomic E-state index is -0.314. The summed E-state index contributed by atoms with van der Waals surface area (Å²) in [5, 5.41) is 0. The molecule has 1 aliphatic heterocycles. The van der Waals surface area contributed by atoms with Crippen LogP contribution in [0.1, 0.15) is 34.2 Å². The van der Waals surface area contributed by atoms with Crippen molar-refractivity contribution in [1.29, 1.82) is 0 Å². The smallest absolute Gasteiger partial charge is 0.194 e. The standard InChI is InChI=1S/C16H15NO3/c18-15(14-3-1-8-17-11-14)12-4-6-13(7-5-12)16-19-9-2-10-20-16/h1,3-8,11,16H,2,9-10H2. The lowest BCUT2D eigenvalue weighted by Gasteiger charge is -2.23. The van der Waals surface area contributed by atoms with Crippen molar-refractivity contribution >= 4 is 5.78 Å². The van der Waals surface area contributed by atoms with E-state index in [2.05, 4.69) is 4.98 Å². The average molecular weight is 269 g/mol. The maximum atomic E-state index is 12.2. The van der Waals surface area contributed by atoms with Gasteiger partial charge in [0.15, 0.2) is 12.1 Å². The van der Waals surface area contributed by atoms with E-state index in [4.69, 9.17) is 9.47 Å². The predicted molar refractivity (Wildman–Crippen MR) is 73.4 cm³/mol. The van der Waals surface area contributed by atoms with Crippen molar-refractivity contribution in [3.8, 4) is 0 Å². The van der Waals surface area contributed by atoms with Gasteiger partial charge in [0, 0.05) is 29.1 Å². The molecule has 1 aromatic carbocycles. The van der Waals surface area contributed by atoms with E-state index in [1.54, 1.807) is 36.7 Å². The van der Waals surface area contributed by atoms with Crippen LogP contribution in [0.5, 0.6) is 0 Å². The lowest BCUT2D eigenvalue weighted by Crippen LogP contribution is -2.17. The van der Waals surface area contributed by atoms with E-state index in [1.807, 2.05) is 12.1 Å². The number of carbonyl (C=O) groups is 1. The normalized spacial score (nSPS) is 16.0. The van der Waals surface area contributed by atoms with Crippen LogP contribution in [-0.4, -0.2) is 24.0 Å². The molecule has 20 heavy (non-hydrogen) atoms. The first-order valence-corrected chi connectivity index (χ1v) is 6.62. The maximum absolute atomic E-state index is 12.2. The topological polar surface area (TPSA) is 48.4 Å². The molecular formula is C16H15NO3. The van der Waals surface area contributed by atoms with Gasteiger partial charge in [-0.15, -0.1) is 0 Å². The van der Waals surface area contributed by atoms with Crippen LogP contribution in [-0.2, 0) is 9.47 Å². The van der Waals surface area contributed by atoms with E-state index in [0.717, 1.165) is 12.0 Å². The molecular weight excluding hydrogens is 254 g/mol. The van der Waals surface area contributed by atoms with Gasteiger partial charge in [-0.3, -0.25) is 9.78 Å². The van der Waals surface area contributed by atoms with E-state index in [-0.39, 0.29) is 12.1 Å². The maximum Gasteiger partial charge on any atom is 0.194 e. The zero-order chi connectivity index (χ0) is 13.8. The molecule has 0 aliphatic carbocycles. The van der Waals surface area contributed by atoms with E-state index < -0.39 is 0 Å². The van der Waals surface area contributed by atoms with Gasteiger partial charge < -0.3 is 9.47 Å². The van der Waals surface area contributed by atoms with Crippen molar-refractivity contribution in [3.05, 3.63) is 65.5 Å². The summed E-state index contributed by atoms with van der Waals surface area (Å²) in [6.45, 7) is 1.42. The third-order valence-electron chi connectivity index (χ3n) is 3.20. The summed E-state index contributed by atoms with van der Waals surface area (Å²) < 4.78 is 11.1. The quantitative estimate of drug-likeness (QED) is 0.804. The van der Waals surface area contributed by atoms with E-state index in [1.165, 1.54) is 0 Å². The minimum Gasteiger partial charge on any atom is -0.348 e. The molecule has 102 valence electrons. The zero-order valence-corrected chi connectivity index (χ0v) is 11.0. The van der Waals surface area contributed by atoms with E-state index >= 15 is 0 Å². The van der Waals surface area contributed by atoms with Crippen molar-refractivity contribution in [2.24, 2.45) is 0 Å². The summed E-state index contributed by atoms with van der Waals surface area (Å²) in [7, 11) is 0. The van der Waals surface area contributed by atoms with E-state index in [9.17, 15) is 4.79 Å². The Hall–Kier alpha value is -2.04. The molecule has 0 N–H and O–H groups in total. The van der Waals surface area contributed by atoms with Crippen LogP contribution >= 0.6 is 0 Å². The molecule has 1 fully saturated rings. The van der Waals surface area contributed by atoms with Crippen molar-refractivity contribution in [2.75, 3.05) is 13.2 Å². The average Bonchev–Trinajstić information content (AvgIpc) is 2.56. The first-order chi connectivity index (χ1) is 9.84. The van der Waals surface area contributed by atoms with Crippen LogP contribution in [0, 0.1) is 0 Å². The number of aromatic nitrogens is 1. The molecule has 0 radical (unpaired) electrons. The molecule has 0 saturated carbocycles. The number of ketones is 1. The first kappa shape index (κ1) is 13.0. The van der Waals surface area contributed by atoms with Gasteiger partial charge in [-0.25, -0.2) is 0 Å². The molecule has 1 aliphatic rings. The summed E-state index contributed by atoms with van der Waals surface area (Å²) >= 11 is 0. The van der Waals surface area contributed by atoms with Crippen LogP contribution in [0.3, 0.4) is 0 Å². The van der Waals surface area contributed by atoms with Crippen molar-refractivity contribution < 1.29 is 14.3 Å². The molecule has 0 amide bonds. The summed E-state index contributed by atoms with van der Waals surface area (Å²) in [6.07, 6.45) is 3.83. The second kappa shape index (κ2) is 5.94. The first-order valence-electron chi connectivity index (χ1n) is 6.62.